The average molecular weight is 463 g/mol. The van der Waals surface area contributed by atoms with Crippen LogP contribution in [0.25, 0.3) is 10.8 Å². The Hall–Kier alpha value is -4.27. The van der Waals surface area contributed by atoms with Gasteiger partial charge in [0.15, 0.2) is 0 Å². The number of hydrogen-bond donors (Lipinski definition) is 2. The second kappa shape index (κ2) is 11.0. The minimum Gasteiger partial charge on any atom is -0.466 e. The van der Waals surface area contributed by atoms with Gasteiger partial charge in [0.25, 0.3) is 5.69 Å². The molecule has 2 amide bonds. The number of benzene rings is 3. The summed E-state index contributed by atoms with van der Waals surface area (Å²) in [6.45, 7) is 1.79. The summed E-state index contributed by atoms with van der Waals surface area (Å²) in [5.41, 5.74) is 6.65. The largest absolute Gasteiger partial charge is 0.466 e. The van der Waals surface area contributed by atoms with Gasteiger partial charge in [-0.05, 0) is 28.8 Å². The molecule has 0 unspecified atom stereocenters. The maximum Gasteiger partial charge on any atom is 0.306 e. The van der Waals surface area contributed by atoms with E-state index >= 15 is 0 Å². The molecular weight excluding hydrogens is 438 g/mol. The number of esters is 1. The van der Waals surface area contributed by atoms with Gasteiger partial charge in [-0.25, -0.2) is 0 Å². The van der Waals surface area contributed by atoms with Crippen molar-refractivity contribution in [1.82, 2.24) is 5.32 Å². The number of nitrogens with zero attached hydrogens (tertiary/aromatic N) is 1. The predicted molar refractivity (Wildman–Crippen MR) is 126 cm³/mol. The molecule has 0 heterocycles. The Balaban J connectivity index is 1.84. The van der Waals surface area contributed by atoms with Crippen LogP contribution in [0.2, 0.25) is 0 Å². The highest BCUT2D eigenvalue weighted by Crippen LogP contribution is 2.27. The molecule has 3 aromatic rings. The van der Waals surface area contributed by atoms with E-state index in [9.17, 15) is 24.5 Å². The van der Waals surface area contributed by atoms with Crippen molar-refractivity contribution in [2.75, 3.05) is 6.61 Å². The van der Waals surface area contributed by atoms with Crippen LogP contribution >= 0.6 is 0 Å². The molecule has 3 aromatic carbocycles. The highest BCUT2D eigenvalue weighted by molar-refractivity contribution is 5.90. The average Bonchev–Trinajstić information content (AvgIpc) is 2.81. The van der Waals surface area contributed by atoms with E-state index in [4.69, 9.17) is 10.5 Å². The van der Waals surface area contributed by atoms with Crippen LogP contribution in [0, 0.1) is 10.1 Å². The SMILES string of the molecule is CCOC(=O)C[C@H](c1ccc([N+](=O)[O-])cc1)[C@H](NC(=O)Cc1ccc2ccccc2c1)C(N)=O. The van der Waals surface area contributed by atoms with Gasteiger partial charge >= 0.3 is 5.97 Å². The molecule has 9 heteroatoms. The summed E-state index contributed by atoms with van der Waals surface area (Å²) in [7, 11) is 0. The molecule has 0 aromatic heterocycles. The molecule has 0 aliphatic rings. The first-order valence-corrected chi connectivity index (χ1v) is 10.7. The van der Waals surface area contributed by atoms with Gasteiger partial charge in [0, 0.05) is 18.1 Å². The first-order chi connectivity index (χ1) is 16.3. The number of nitro groups is 1. The van der Waals surface area contributed by atoms with Crippen molar-refractivity contribution >= 4 is 34.2 Å². The number of nitrogens with one attached hydrogen (secondary N) is 1. The molecule has 0 saturated heterocycles. The van der Waals surface area contributed by atoms with E-state index in [0.717, 1.165) is 16.3 Å². The molecule has 3 rings (SSSR count). The Kier molecular flexibility index (Phi) is 7.92. The van der Waals surface area contributed by atoms with Gasteiger partial charge in [-0.3, -0.25) is 24.5 Å². The fourth-order valence-electron chi connectivity index (χ4n) is 3.80. The van der Waals surface area contributed by atoms with Gasteiger partial charge < -0.3 is 15.8 Å². The number of rotatable bonds is 10. The summed E-state index contributed by atoms with van der Waals surface area (Å²) >= 11 is 0. The van der Waals surface area contributed by atoms with E-state index in [-0.39, 0.29) is 25.1 Å². The zero-order valence-corrected chi connectivity index (χ0v) is 18.6. The second-order valence-corrected chi connectivity index (χ2v) is 7.77. The molecule has 9 nitrogen and oxygen atoms in total. The van der Waals surface area contributed by atoms with Crippen LogP contribution in [0.4, 0.5) is 5.69 Å². The van der Waals surface area contributed by atoms with Crippen molar-refractivity contribution in [2.24, 2.45) is 5.73 Å². The van der Waals surface area contributed by atoms with Crippen molar-refractivity contribution in [3.63, 3.8) is 0 Å². The number of nitro benzene ring substituents is 1. The van der Waals surface area contributed by atoms with Crippen LogP contribution < -0.4 is 11.1 Å². The number of fused-ring (bicyclic) bond motifs is 1. The number of hydrogen-bond acceptors (Lipinski definition) is 6. The zero-order chi connectivity index (χ0) is 24.7. The standard InChI is InChI=1S/C25H25N3O6/c1-2-34-23(30)15-21(18-9-11-20(12-10-18)28(32)33)24(25(26)31)27-22(29)14-16-7-8-17-5-3-4-6-19(17)13-16/h3-13,21,24H,2,14-15H2,1H3,(H2,26,31)(H,27,29)/t21-,24+/m1/s1. The Labute approximate surface area is 196 Å². The Morgan fingerprint density at radius 3 is 2.32 bits per heavy atom. The highest BCUT2D eigenvalue weighted by Gasteiger charge is 2.32. The lowest BCUT2D eigenvalue weighted by atomic mass is 9.87. The summed E-state index contributed by atoms with van der Waals surface area (Å²) in [4.78, 5) is 47.8. The lowest BCUT2D eigenvalue weighted by molar-refractivity contribution is -0.384. The molecule has 34 heavy (non-hydrogen) atoms. The van der Waals surface area contributed by atoms with Crippen LogP contribution in [0.3, 0.4) is 0 Å². The third-order valence-corrected chi connectivity index (χ3v) is 5.43. The fourth-order valence-corrected chi connectivity index (χ4v) is 3.80. The van der Waals surface area contributed by atoms with E-state index < -0.39 is 34.7 Å². The Morgan fingerprint density at radius 2 is 1.71 bits per heavy atom. The van der Waals surface area contributed by atoms with Gasteiger partial charge in [0.2, 0.25) is 11.8 Å². The summed E-state index contributed by atoms with van der Waals surface area (Å²) in [6, 6.07) is 17.5. The number of carbonyl (C=O) groups excluding carboxylic acids is 3. The summed E-state index contributed by atoms with van der Waals surface area (Å²) in [6.07, 6.45) is -0.240. The number of carbonyl (C=O) groups is 3. The van der Waals surface area contributed by atoms with Crippen LogP contribution in [0.1, 0.15) is 30.4 Å². The third-order valence-electron chi connectivity index (χ3n) is 5.43. The van der Waals surface area contributed by atoms with Gasteiger partial charge in [0.05, 0.1) is 24.4 Å². The maximum atomic E-state index is 12.8. The molecular formula is C25H25N3O6. The van der Waals surface area contributed by atoms with E-state index in [1.165, 1.54) is 24.3 Å². The zero-order valence-electron chi connectivity index (χ0n) is 18.6. The van der Waals surface area contributed by atoms with Crippen molar-refractivity contribution < 1.29 is 24.0 Å². The molecule has 3 N–H and O–H groups in total. The number of amides is 2. The smallest absolute Gasteiger partial charge is 0.306 e. The van der Waals surface area contributed by atoms with Gasteiger partial charge in [-0.15, -0.1) is 0 Å². The predicted octanol–water partition coefficient (Wildman–Crippen LogP) is 3.00. The molecule has 0 saturated carbocycles. The summed E-state index contributed by atoms with van der Waals surface area (Å²) in [5, 5.41) is 15.6. The van der Waals surface area contributed by atoms with Crippen LogP contribution in [-0.2, 0) is 25.5 Å². The van der Waals surface area contributed by atoms with Gasteiger partial charge in [0.1, 0.15) is 6.04 Å². The van der Waals surface area contributed by atoms with E-state index in [1.807, 2.05) is 42.5 Å². The fraction of sp³-hybridized carbons (Fsp3) is 0.240. The minimum absolute atomic E-state index is 0.000994. The number of nitrogens with two attached hydrogens (primary N) is 1. The summed E-state index contributed by atoms with van der Waals surface area (Å²) < 4.78 is 5.02. The van der Waals surface area contributed by atoms with Crippen molar-refractivity contribution in [2.45, 2.75) is 31.7 Å². The van der Waals surface area contributed by atoms with E-state index in [2.05, 4.69) is 5.32 Å². The van der Waals surface area contributed by atoms with E-state index in [1.54, 1.807) is 6.92 Å². The monoisotopic (exact) mass is 463 g/mol. The third kappa shape index (κ3) is 6.16. The second-order valence-electron chi connectivity index (χ2n) is 7.77. The van der Waals surface area contributed by atoms with Crippen molar-refractivity contribution in [1.29, 1.82) is 0 Å². The van der Waals surface area contributed by atoms with Crippen molar-refractivity contribution in [3.05, 3.63) is 88.0 Å². The Morgan fingerprint density at radius 1 is 1.03 bits per heavy atom. The molecule has 0 spiro atoms. The molecule has 0 radical (unpaired) electrons. The van der Waals surface area contributed by atoms with Crippen molar-refractivity contribution in [3.8, 4) is 0 Å². The molecule has 0 aliphatic carbocycles. The molecule has 0 aliphatic heterocycles. The van der Waals surface area contributed by atoms with Gasteiger partial charge in [-0.1, -0.05) is 54.6 Å². The molecule has 0 bridgehead atoms. The lowest BCUT2D eigenvalue weighted by Gasteiger charge is -2.25. The van der Waals surface area contributed by atoms with Crippen LogP contribution in [-0.4, -0.2) is 35.4 Å². The van der Waals surface area contributed by atoms with Crippen LogP contribution in [0.15, 0.2) is 66.7 Å². The number of primary amides is 1. The van der Waals surface area contributed by atoms with Crippen LogP contribution in [0.5, 0.6) is 0 Å². The molecule has 2 atom stereocenters. The highest BCUT2D eigenvalue weighted by atomic mass is 16.6. The van der Waals surface area contributed by atoms with Gasteiger partial charge in [-0.2, -0.15) is 0 Å². The summed E-state index contributed by atoms with van der Waals surface area (Å²) in [5.74, 6) is -2.73. The first kappa shape index (κ1) is 24.4. The lowest BCUT2D eigenvalue weighted by Crippen LogP contribution is -2.49. The topological polar surface area (TPSA) is 142 Å². The maximum absolute atomic E-state index is 12.8. The number of ether oxygens (including phenoxy) is 1. The Bertz CT molecular complexity index is 1210. The van der Waals surface area contributed by atoms with E-state index in [0.29, 0.717) is 5.56 Å². The normalized spacial score (nSPS) is 12.5. The molecule has 0 fully saturated rings. The first-order valence-electron chi connectivity index (χ1n) is 10.7. The minimum atomic E-state index is -1.22. The molecule has 176 valence electrons. The quantitative estimate of drug-likeness (QED) is 0.269. The number of non-ortho nitro benzene ring substituents is 1.